The average molecular weight is 359 g/mol. The SMILES string of the molecule is CC(C)CC1(CNCc2ccc(Br)cc2Cl)CCCC1. The monoisotopic (exact) mass is 357 g/mol. The van der Waals surface area contributed by atoms with Crippen LogP contribution in [-0.2, 0) is 6.54 Å². The number of hydrogen-bond donors (Lipinski definition) is 1. The van der Waals surface area contributed by atoms with E-state index >= 15 is 0 Å². The highest BCUT2D eigenvalue weighted by Crippen LogP contribution is 2.42. The maximum Gasteiger partial charge on any atom is 0.0462 e. The molecular weight excluding hydrogens is 334 g/mol. The first kappa shape index (κ1) is 16.3. The van der Waals surface area contributed by atoms with E-state index in [1.807, 2.05) is 6.07 Å². The zero-order chi connectivity index (χ0) is 14.6. The average Bonchev–Trinajstić information content (AvgIpc) is 2.80. The predicted molar refractivity (Wildman–Crippen MR) is 91.2 cm³/mol. The Balaban J connectivity index is 1.90. The van der Waals surface area contributed by atoms with Crippen molar-refractivity contribution < 1.29 is 0 Å². The molecule has 1 aliphatic rings. The van der Waals surface area contributed by atoms with Crippen LogP contribution in [0.1, 0.15) is 51.5 Å². The van der Waals surface area contributed by atoms with Crippen LogP contribution in [0.2, 0.25) is 5.02 Å². The van der Waals surface area contributed by atoms with Gasteiger partial charge in [-0.05, 0) is 48.3 Å². The van der Waals surface area contributed by atoms with Crippen LogP contribution in [0.3, 0.4) is 0 Å². The molecule has 1 N–H and O–H groups in total. The van der Waals surface area contributed by atoms with Crippen LogP contribution in [0, 0.1) is 11.3 Å². The second-order valence-corrected chi connectivity index (χ2v) is 7.97. The van der Waals surface area contributed by atoms with Gasteiger partial charge in [0.05, 0.1) is 0 Å². The molecule has 0 unspecified atom stereocenters. The molecule has 0 radical (unpaired) electrons. The molecule has 2 rings (SSSR count). The molecule has 0 aliphatic heterocycles. The first-order chi connectivity index (χ1) is 9.51. The van der Waals surface area contributed by atoms with E-state index in [0.29, 0.717) is 5.41 Å². The molecule has 0 amide bonds. The summed E-state index contributed by atoms with van der Waals surface area (Å²) in [6, 6.07) is 6.13. The smallest absolute Gasteiger partial charge is 0.0462 e. The number of benzene rings is 1. The van der Waals surface area contributed by atoms with Crippen molar-refractivity contribution in [1.82, 2.24) is 5.32 Å². The van der Waals surface area contributed by atoms with Crippen molar-refractivity contribution in [3.8, 4) is 0 Å². The van der Waals surface area contributed by atoms with Gasteiger partial charge in [0, 0.05) is 22.6 Å². The third-order valence-corrected chi connectivity index (χ3v) is 5.18. The van der Waals surface area contributed by atoms with E-state index in [2.05, 4.69) is 47.2 Å². The van der Waals surface area contributed by atoms with E-state index in [4.69, 9.17) is 11.6 Å². The first-order valence-corrected chi connectivity index (χ1v) is 8.82. The Morgan fingerprint density at radius 3 is 2.60 bits per heavy atom. The highest BCUT2D eigenvalue weighted by atomic mass is 79.9. The van der Waals surface area contributed by atoms with Gasteiger partial charge in [-0.25, -0.2) is 0 Å². The van der Waals surface area contributed by atoms with Crippen molar-refractivity contribution in [2.24, 2.45) is 11.3 Å². The topological polar surface area (TPSA) is 12.0 Å². The van der Waals surface area contributed by atoms with Gasteiger partial charge in [-0.15, -0.1) is 0 Å². The van der Waals surface area contributed by atoms with Crippen molar-refractivity contribution in [3.05, 3.63) is 33.3 Å². The lowest BCUT2D eigenvalue weighted by atomic mass is 9.78. The summed E-state index contributed by atoms with van der Waals surface area (Å²) in [7, 11) is 0. The van der Waals surface area contributed by atoms with Crippen molar-refractivity contribution in [2.45, 2.75) is 52.5 Å². The van der Waals surface area contributed by atoms with Crippen LogP contribution in [0.5, 0.6) is 0 Å². The minimum atomic E-state index is 0.524. The second kappa shape index (κ2) is 7.29. The van der Waals surface area contributed by atoms with E-state index in [1.54, 1.807) is 0 Å². The molecule has 0 atom stereocenters. The van der Waals surface area contributed by atoms with Crippen LogP contribution in [0.25, 0.3) is 0 Å². The van der Waals surface area contributed by atoms with Gasteiger partial charge in [0.15, 0.2) is 0 Å². The van der Waals surface area contributed by atoms with Crippen molar-refractivity contribution in [1.29, 1.82) is 0 Å². The first-order valence-electron chi connectivity index (χ1n) is 7.65. The molecule has 3 heteroatoms. The highest BCUT2D eigenvalue weighted by molar-refractivity contribution is 9.10. The Kier molecular flexibility index (Phi) is 5.95. The molecule has 20 heavy (non-hydrogen) atoms. The summed E-state index contributed by atoms with van der Waals surface area (Å²) in [6.45, 7) is 6.67. The van der Waals surface area contributed by atoms with E-state index < -0.39 is 0 Å². The molecule has 1 nitrogen and oxygen atoms in total. The maximum absolute atomic E-state index is 6.27. The van der Waals surface area contributed by atoms with E-state index in [1.165, 1.54) is 37.7 Å². The molecule has 0 spiro atoms. The third-order valence-electron chi connectivity index (χ3n) is 4.34. The van der Waals surface area contributed by atoms with Gasteiger partial charge in [0.2, 0.25) is 0 Å². The summed E-state index contributed by atoms with van der Waals surface area (Å²) in [5.74, 6) is 0.783. The van der Waals surface area contributed by atoms with Crippen molar-refractivity contribution >= 4 is 27.5 Å². The summed E-state index contributed by atoms with van der Waals surface area (Å²) < 4.78 is 1.04. The van der Waals surface area contributed by atoms with Gasteiger partial charge in [-0.1, -0.05) is 60.3 Å². The van der Waals surface area contributed by atoms with Crippen LogP contribution >= 0.6 is 27.5 Å². The molecule has 0 saturated heterocycles. The zero-order valence-electron chi connectivity index (χ0n) is 12.5. The lowest BCUT2D eigenvalue weighted by Crippen LogP contribution is -2.33. The summed E-state index contributed by atoms with van der Waals surface area (Å²) >= 11 is 9.72. The van der Waals surface area contributed by atoms with Gasteiger partial charge in [-0.2, -0.15) is 0 Å². The van der Waals surface area contributed by atoms with Crippen LogP contribution in [0.15, 0.2) is 22.7 Å². The third kappa shape index (κ3) is 4.47. The summed E-state index contributed by atoms with van der Waals surface area (Å²) in [5.41, 5.74) is 1.71. The van der Waals surface area contributed by atoms with Crippen LogP contribution in [0.4, 0.5) is 0 Å². The van der Waals surface area contributed by atoms with Crippen molar-refractivity contribution in [2.75, 3.05) is 6.54 Å². The number of rotatable bonds is 6. The molecule has 112 valence electrons. The number of nitrogens with one attached hydrogen (secondary N) is 1. The minimum Gasteiger partial charge on any atom is -0.312 e. The lowest BCUT2D eigenvalue weighted by molar-refractivity contribution is 0.223. The molecule has 1 aromatic carbocycles. The van der Waals surface area contributed by atoms with Gasteiger partial charge in [0.25, 0.3) is 0 Å². The largest absolute Gasteiger partial charge is 0.312 e. The Labute approximate surface area is 136 Å². The number of hydrogen-bond acceptors (Lipinski definition) is 1. The summed E-state index contributed by atoms with van der Waals surface area (Å²) in [6.07, 6.45) is 6.90. The van der Waals surface area contributed by atoms with Crippen molar-refractivity contribution in [3.63, 3.8) is 0 Å². The van der Waals surface area contributed by atoms with Crippen LogP contribution in [-0.4, -0.2) is 6.54 Å². The Bertz CT molecular complexity index is 439. The lowest BCUT2D eigenvalue weighted by Gasteiger charge is -2.31. The quantitative estimate of drug-likeness (QED) is 0.677. The highest BCUT2D eigenvalue weighted by Gasteiger charge is 2.33. The standard InChI is InChI=1S/C17H25BrClN/c1-13(2)10-17(7-3-4-8-17)12-20-11-14-5-6-15(18)9-16(14)19/h5-6,9,13,20H,3-4,7-8,10-12H2,1-2H3. The van der Waals surface area contributed by atoms with Crippen LogP contribution < -0.4 is 5.32 Å². The Morgan fingerprint density at radius 2 is 2.00 bits per heavy atom. The molecule has 1 fully saturated rings. The maximum atomic E-state index is 6.27. The fourth-order valence-corrected chi connectivity index (χ4v) is 4.31. The summed E-state index contributed by atoms with van der Waals surface area (Å²) in [5, 5.41) is 4.49. The Hall–Kier alpha value is -0.0500. The normalized spacial score (nSPS) is 17.9. The second-order valence-electron chi connectivity index (χ2n) is 6.64. The van der Waals surface area contributed by atoms with E-state index in [0.717, 1.165) is 28.5 Å². The fourth-order valence-electron chi connectivity index (χ4n) is 3.57. The molecule has 1 aromatic rings. The predicted octanol–water partition coefficient (Wildman–Crippen LogP) is 5.80. The summed E-state index contributed by atoms with van der Waals surface area (Å²) in [4.78, 5) is 0. The van der Waals surface area contributed by atoms with Gasteiger partial charge < -0.3 is 5.32 Å². The van der Waals surface area contributed by atoms with E-state index in [9.17, 15) is 0 Å². The van der Waals surface area contributed by atoms with Gasteiger partial charge >= 0.3 is 0 Å². The minimum absolute atomic E-state index is 0.524. The molecule has 0 bridgehead atoms. The molecule has 1 aliphatic carbocycles. The van der Waals surface area contributed by atoms with Gasteiger partial charge in [0.1, 0.15) is 0 Å². The molecule has 0 aromatic heterocycles. The van der Waals surface area contributed by atoms with E-state index in [-0.39, 0.29) is 0 Å². The molecule has 1 saturated carbocycles. The molecular formula is C17H25BrClN. The molecule has 0 heterocycles. The fraction of sp³-hybridized carbons (Fsp3) is 0.647. The zero-order valence-corrected chi connectivity index (χ0v) is 14.9. The number of halogens is 2. The Morgan fingerprint density at radius 1 is 1.30 bits per heavy atom. The van der Waals surface area contributed by atoms with Gasteiger partial charge in [-0.3, -0.25) is 0 Å².